The third-order valence-corrected chi connectivity index (χ3v) is 11.5. The molecule has 1 N–H and O–H groups in total. The topological polar surface area (TPSA) is 78.7 Å². The minimum absolute atomic E-state index is 0.110. The van der Waals surface area contributed by atoms with Crippen molar-refractivity contribution in [3.05, 3.63) is 34.6 Å². The van der Waals surface area contributed by atoms with Crippen LogP contribution in [-0.4, -0.2) is 56.7 Å². The van der Waals surface area contributed by atoms with E-state index in [1.54, 1.807) is 4.90 Å². The number of hydrogen-bond donors (Lipinski definition) is 1. The number of benzene rings is 1. The van der Waals surface area contributed by atoms with E-state index in [1.807, 2.05) is 28.8 Å². The highest BCUT2D eigenvalue weighted by Gasteiger charge is 2.59. The third-order valence-electron chi connectivity index (χ3n) is 11.5. The van der Waals surface area contributed by atoms with Crippen LogP contribution in [0.2, 0.25) is 0 Å². The number of hydrogen-bond acceptors (Lipinski definition) is 5. The van der Waals surface area contributed by atoms with Crippen LogP contribution >= 0.6 is 0 Å². The molecule has 0 radical (unpaired) electrons. The Bertz CT molecular complexity index is 1310. The minimum atomic E-state index is -0.878. The van der Waals surface area contributed by atoms with Crippen molar-refractivity contribution in [1.82, 2.24) is 14.5 Å². The lowest BCUT2D eigenvalue weighted by atomic mass is 9.54. The van der Waals surface area contributed by atoms with Gasteiger partial charge >= 0.3 is 5.97 Å². The second-order valence-corrected chi connectivity index (χ2v) is 13.4. The first-order chi connectivity index (χ1) is 18.4. The van der Waals surface area contributed by atoms with E-state index in [9.17, 15) is 14.7 Å². The van der Waals surface area contributed by atoms with Crippen LogP contribution in [0.5, 0.6) is 0 Å². The molecule has 1 aromatic heterocycles. The van der Waals surface area contributed by atoms with E-state index in [0.717, 1.165) is 54.6 Å². The maximum Gasteiger partial charge on any atom is 0.326 e. The number of para-hydroxylation sites is 2. The summed E-state index contributed by atoms with van der Waals surface area (Å²) < 4.78 is 1.99. The molecule has 7 rings (SSSR count). The largest absolute Gasteiger partial charge is 0.480 e. The first-order valence-corrected chi connectivity index (χ1v) is 15.1. The molecule has 8 atom stereocenters. The van der Waals surface area contributed by atoms with Gasteiger partial charge in [0.25, 0.3) is 5.56 Å². The van der Waals surface area contributed by atoms with Crippen LogP contribution in [0.15, 0.2) is 29.1 Å². The average Bonchev–Trinajstić information content (AvgIpc) is 3.03. The molecule has 2 saturated heterocycles. The molecule has 3 aliphatic carbocycles. The van der Waals surface area contributed by atoms with Crippen molar-refractivity contribution in [2.45, 2.75) is 102 Å². The lowest BCUT2D eigenvalue weighted by molar-refractivity contribution is -0.140. The van der Waals surface area contributed by atoms with Crippen LogP contribution in [-0.2, 0) is 4.79 Å². The molecule has 3 saturated carbocycles. The molecule has 204 valence electrons. The number of anilines is 1. The predicted octanol–water partition coefficient (Wildman–Crippen LogP) is 5.08. The van der Waals surface area contributed by atoms with Gasteiger partial charge < -0.3 is 14.6 Å². The highest BCUT2D eigenvalue weighted by Crippen LogP contribution is 2.67. The highest BCUT2D eigenvalue weighted by molar-refractivity contribution is 5.81. The number of carboxylic acid groups (broad SMARTS) is 1. The normalized spacial score (nSPS) is 38.5. The molecule has 0 spiro atoms. The smallest absolute Gasteiger partial charge is 0.326 e. The summed E-state index contributed by atoms with van der Waals surface area (Å²) in [6.45, 7) is 6.48. The van der Waals surface area contributed by atoms with Gasteiger partial charge in [0.2, 0.25) is 0 Å². The van der Waals surface area contributed by atoms with E-state index in [0.29, 0.717) is 36.3 Å². The number of piperidine rings is 1. The van der Waals surface area contributed by atoms with Crippen molar-refractivity contribution in [3.63, 3.8) is 0 Å². The van der Waals surface area contributed by atoms with Crippen molar-refractivity contribution in [2.24, 2.45) is 23.2 Å². The standard InChI is InChI=1S/C31H42N4O3/c1-3-6-22-17-23(9-11-33(22)24-14-19-13-20-15-21(16-24)31(20,2)18-19)35-26-8-5-4-7-25(26)32-28(29(35)36)34-12-10-27(34)30(37)38/h4-5,7-8,19-24,27H,3,6,9-18H2,1-2H3,(H,37,38)/t19-,20+,21+,22+,23+,24-,27+,31?/m1/s1. The number of carbonyl (C=O) groups is 1. The fourth-order valence-electron chi connectivity index (χ4n) is 9.46. The van der Waals surface area contributed by atoms with Gasteiger partial charge in [-0.15, -0.1) is 0 Å². The first kappa shape index (κ1) is 24.6. The zero-order valence-electron chi connectivity index (χ0n) is 22.9. The number of aromatic nitrogens is 2. The van der Waals surface area contributed by atoms with Gasteiger partial charge in [-0.05, 0) is 93.1 Å². The Morgan fingerprint density at radius 2 is 1.87 bits per heavy atom. The molecule has 7 heteroatoms. The summed E-state index contributed by atoms with van der Waals surface area (Å²) in [7, 11) is 0. The highest BCUT2D eigenvalue weighted by atomic mass is 16.4. The SMILES string of the molecule is CCC[C@H]1C[C@@H](n2c(=O)c(N3CC[C@H]3C(=O)O)nc3ccccc32)CCN1[C@@H]1C[C@H]2C[C@H]3C[C@@H](C1)C3(C)C2. The van der Waals surface area contributed by atoms with Crippen LogP contribution in [0.25, 0.3) is 11.0 Å². The Hall–Kier alpha value is -2.41. The fourth-order valence-corrected chi connectivity index (χ4v) is 9.46. The second kappa shape index (κ2) is 9.07. The molecule has 0 amide bonds. The molecule has 2 bridgehead atoms. The van der Waals surface area contributed by atoms with Crippen molar-refractivity contribution < 1.29 is 9.90 Å². The summed E-state index contributed by atoms with van der Waals surface area (Å²) in [4.78, 5) is 35.0. The third kappa shape index (κ3) is 3.67. The van der Waals surface area contributed by atoms with E-state index < -0.39 is 12.0 Å². The van der Waals surface area contributed by atoms with Crippen LogP contribution in [0.3, 0.4) is 0 Å². The zero-order valence-corrected chi connectivity index (χ0v) is 22.9. The quantitative estimate of drug-likeness (QED) is 0.575. The van der Waals surface area contributed by atoms with Gasteiger partial charge in [0, 0.05) is 31.2 Å². The second-order valence-electron chi connectivity index (χ2n) is 13.4. The molecule has 3 heterocycles. The van der Waals surface area contributed by atoms with Gasteiger partial charge in [-0.3, -0.25) is 9.69 Å². The number of likely N-dealkylation sites (tertiary alicyclic amines) is 1. The maximum atomic E-state index is 14.0. The lowest BCUT2D eigenvalue weighted by Gasteiger charge is -2.54. The Labute approximate surface area is 225 Å². The summed E-state index contributed by atoms with van der Waals surface area (Å²) >= 11 is 0. The summed E-state index contributed by atoms with van der Waals surface area (Å²) in [6.07, 6.45) is 11.9. The molecule has 1 aromatic carbocycles. The molecule has 2 aliphatic heterocycles. The summed E-state index contributed by atoms with van der Waals surface area (Å²) in [6, 6.07) is 8.52. The van der Waals surface area contributed by atoms with E-state index in [1.165, 1.54) is 38.5 Å². The van der Waals surface area contributed by atoms with E-state index >= 15 is 0 Å². The van der Waals surface area contributed by atoms with Gasteiger partial charge in [-0.1, -0.05) is 32.4 Å². The van der Waals surface area contributed by atoms with Crippen molar-refractivity contribution in [3.8, 4) is 0 Å². The van der Waals surface area contributed by atoms with Crippen LogP contribution < -0.4 is 10.5 Å². The zero-order chi connectivity index (χ0) is 26.2. The van der Waals surface area contributed by atoms with Gasteiger partial charge in [0.05, 0.1) is 11.0 Å². The van der Waals surface area contributed by atoms with Crippen LogP contribution in [0.1, 0.15) is 84.1 Å². The molecular weight excluding hydrogens is 476 g/mol. The number of rotatable bonds is 6. The van der Waals surface area contributed by atoms with Gasteiger partial charge in [-0.25, -0.2) is 9.78 Å². The Balaban J connectivity index is 1.20. The number of fused-ring (bicyclic) bond motifs is 2. The molecule has 1 unspecified atom stereocenters. The molecule has 5 fully saturated rings. The minimum Gasteiger partial charge on any atom is -0.480 e. The Kier molecular flexibility index (Phi) is 5.88. The van der Waals surface area contributed by atoms with Crippen LogP contribution in [0, 0.1) is 23.2 Å². The summed E-state index contributed by atoms with van der Waals surface area (Å²) in [5.41, 5.74) is 2.15. The van der Waals surface area contributed by atoms with Gasteiger partial charge in [0.15, 0.2) is 5.82 Å². The van der Waals surface area contributed by atoms with E-state index in [2.05, 4.69) is 18.7 Å². The van der Waals surface area contributed by atoms with Gasteiger partial charge in [-0.2, -0.15) is 0 Å². The molecule has 5 aliphatic rings. The lowest BCUT2D eigenvalue weighted by Crippen LogP contribution is -2.55. The Morgan fingerprint density at radius 3 is 2.63 bits per heavy atom. The maximum absolute atomic E-state index is 14.0. The molecule has 2 aromatic rings. The predicted molar refractivity (Wildman–Crippen MR) is 149 cm³/mol. The van der Waals surface area contributed by atoms with Crippen molar-refractivity contribution in [1.29, 1.82) is 0 Å². The summed E-state index contributed by atoms with van der Waals surface area (Å²) in [5, 5.41) is 9.65. The summed E-state index contributed by atoms with van der Waals surface area (Å²) in [5.74, 6) is 2.22. The van der Waals surface area contributed by atoms with Crippen LogP contribution in [0.4, 0.5) is 5.82 Å². The average molecular weight is 519 g/mol. The number of aliphatic carboxylic acids is 1. The molecule has 7 nitrogen and oxygen atoms in total. The number of nitrogens with zero attached hydrogens (tertiary/aromatic N) is 4. The van der Waals surface area contributed by atoms with Crippen molar-refractivity contribution >= 4 is 22.8 Å². The van der Waals surface area contributed by atoms with E-state index in [-0.39, 0.29) is 11.6 Å². The molecule has 38 heavy (non-hydrogen) atoms. The monoisotopic (exact) mass is 518 g/mol. The fraction of sp³-hybridized carbons (Fsp3) is 0.710. The van der Waals surface area contributed by atoms with E-state index in [4.69, 9.17) is 4.98 Å². The van der Waals surface area contributed by atoms with Gasteiger partial charge in [0.1, 0.15) is 6.04 Å². The first-order valence-electron chi connectivity index (χ1n) is 15.1. The number of carboxylic acids is 1. The molecular formula is C31H42N4O3. The Morgan fingerprint density at radius 1 is 1.05 bits per heavy atom. The van der Waals surface area contributed by atoms with Crippen molar-refractivity contribution in [2.75, 3.05) is 18.0 Å².